The van der Waals surface area contributed by atoms with Gasteiger partial charge in [0, 0.05) is 70.6 Å². The zero-order chi connectivity index (χ0) is 65.6. The number of Topliss-reactive ketones (excluding diaryl/α,β-unsaturated/α-hetero) is 3. The van der Waals surface area contributed by atoms with Crippen LogP contribution in [0.4, 0.5) is 0 Å². The van der Waals surface area contributed by atoms with Crippen LogP contribution >= 0.6 is 11.8 Å². The number of cyclic esters (lactones) is 1. The van der Waals surface area contributed by atoms with Crippen molar-refractivity contribution in [1.29, 1.82) is 0 Å². The van der Waals surface area contributed by atoms with Crippen molar-refractivity contribution in [2.75, 3.05) is 45.9 Å². The standard InChI is InChI=1S/C63H96N4O20S/c1-35-16-12-11-13-17-36(2)49(82-8)30-43-21-19-41(7)63(81,87-43)58(75)60(77)67-25-15-14-18-46(67)62(80)86-50(31-47(68)37(3)27-40(6)56(74)57(84-10)55(73)39(5)26-35)38(4)28-42-20-23-48(51(29-42)83-9)85-54(72)34-88-33-45(59(76)65-32-53(70)71)66-52(69)24-22-44(64)61(78)79/h11-13,16-17,27,35,37-39,41-46,48-51,56-57,74,81H,14-15,18-26,28-34,64H2,1-10H3,(H,65,76)(H,66,69)(H,70,71)(H,78,79)/b13-11+,16-12+,36-17+,40-27+/t35-,37-,38-,39-,41-,42+,43+,44+,45+,46+,48-,49+,50+,51-,56-,57+,63-/m1/s1. The summed E-state index contributed by atoms with van der Waals surface area (Å²) in [5.74, 6) is -14.5. The van der Waals surface area contributed by atoms with E-state index in [4.69, 9.17) is 44.4 Å². The molecule has 3 heterocycles. The lowest BCUT2D eigenvalue weighted by molar-refractivity contribution is -0.265. The Morgan fingerprint density at radius 1 is 0.875 bits per heavy atom. The fourth-order valence-electron chi connectivity index (χ4n) is 11.8. The molecule has 8 N–H and O–H groups in total. The first-order valence-corrected chi connectivity index (χ1v) is 31.7. The number of thioether (sulfide) groups is 1. The van der Waals surface area contributed by atoms with Gasteiger partial charge in [0.15, 0.2) is 5.78 Å². The smallest absolute Gasteiger partial charge is 0.329 e. The Kier molecular flexibility index (Phi) is 30.8. The molecule has 0 radical (unpaired) electrons. The highest BCUT2D eigenvalue weighted by Crippen LogP contribution is 2.38. The summed E-state index contributed by atoms with van der Waals surface area (Å²) in [6, 6.07) is -3.87. The molecule has 88 heavy (non-hydrogen) atoms. The third kappa shape index (κ3) is 22.4. The Hall–Kier alpha value is -5.67. The molecular formula is C63H96N4O20S. The number of esters is 2. The van der Waals surface area contributed by atoms with Crippen LogP contribution in [0.5, 0.6) is 0 Å². The number of carbonyl (C=O) groups excluding carboxylic acids is 8. The first kappa shape index (κ1) is 74.8. The lowest BCUT2D eigenvalue weighted by Crippen LogP contribution is -2.61. The Balaban J connectivity index is 1.59. The maximum atomic E-state index is 14.7. The van der Waals surface area contributed by atoms with Gasteiger partial charge < -0.3 is 70.1 Å². The maximum absolute atomic E-state index is 14.7. The number of nitrogens with one attached hydrogen (secondary N) is 2. The van der Waals surface area contributed by atoms with E-state index in [9.17, 15) is 58.2 Å². The molecule has 494 valence electrons. The number of carboxylic acid groups (broad SMARTS) is 2. The van der Waals surface area contributed by atoms with Crippen molar-refractivity contribution in [1.82, 2.24) is 15.5 Å². The third-order valence-corrected chi connectivity index (χ3v) is 18.3. The average molecular weight is 1260 g/mol. The van der Waals surface area contributed by atoms with E-state index in [0.717, 1.165) is 22.2 Å². The zero-order valence-electron chi connectivity index (χ0n) is 52.7. The molecule has 2 saturated heterocycles. The fraction of sp³-hybridized carbons (Fsp3) is 0.714. The van der Waals surface area contributed by atoms with E-state index in [0.29, 0.717) is 63.4 Å². The van der Waals surface area contributed by atoms with Crippen LogP contribution in [-0.2, 0) is 76.4 Å². The van der Waals surface area contributed by atoms with Crippen LogP contribution in [0.1, 0.15) is 138 Å². The number of aliphatic hydroxyl groups is 2. The summed E-state index contributed by atoms with van der Waals surface area (Å²) in [5, 5.41) is 46.4. The highest BCUT2D eigenvalue weighted by atomic mass is 32.2. The van der Waals surface area contributed by atoms with E-state index < -0.39 is 144 Å². The molecule has 0 aromatic heterocycles. The largest absolute Gasteiger partial charge is 0.480 e. The van der Waals surface area contributed by atoms with E-state index in [1.165, 1.54) is 14.2 Å². The van der Waals surface area contributed by atoms with Crippen molar-refractivity contribution in [3.63, 3.8) is 0 Å². The van der Waals surface area contributed by atoms with Crippen LogP contribution < -0.4 is 16.4 Å². The van der Waals surface area contributed by atoms with Crippen molar-refractivity contribution < 1.29 is 96.8 Å². The second-order valence-electron chi connectivity index (χ2n) is 24.3. The molecule has 4 aliphatic rings. The minimum Gasteiger partial charge on any atom is -0.480 e. The van der Waals surface area contributed by atoms with Crippen molar-refractivity contribution in [3.05, 3.63) is 47.6 Å². The number of carboxylic acids is 2. The number of allylic oxidation sites excluding steroid dienone is 6. The molecule has 25 heteroatoms. The number of carbonyl (C=O) groups is 10. The first-order valence-electron chi connectivity index (χ1n) is 30.6. The first-order chi connectivity index (χ1) is 41.5. The SMILES string of the molecule is CO[C@H]1C[C@@H]2CC[C@@H](C)[C@@](O)(O2)C(=O)C(=O)N2CCCC[C@H]2C(=O)O[C@H]([C@H](C)C[C@@H]2CC[C@@H](OC(=O)CSC[C@H](NC(=O)CC[C@H](N)C(=O)O)C(=O)NCC(=O)O)[C@H](OC)C2)CC(=O)[C@H](C)/C=C(\C)[C@@H](O)[C@@H](OC)C(=O)[C@H](C)C[C@H](C)/C=C/C=C/C=C/1C. The summed E-state index contributed by atoms with van der Waals surface area (Å²) >= 11 is 0.935. The number of piperidine rings is 1. The highest BCUT2D eigenvalue weighted by molar-refractivity contribution is 8.00. The van der Waals surface area contributed by atoms with Crippen LogP contribution in [0, 0.1) is 35.5 Å². The zero-order valence-corrected chi connectivity index (χ0v) is 53.5. The summed E-state index contributed by atoms with van der Waals surface area (Å²) in [5.41, 5.74) is 6.65. The molecule has 1 aliphatic carbocycles. The molecule has 3 fully saturated rings. The van der Waals surface area contributed by atoms with Gasteiger partial charge in [-0.2, -0.15) is 0 Å². The lowest BCUT2D eigenvalue weighted by Gasteiger charge is -2.42. The molecule has 2 bridgehead atoms. The number of ketones is 3. The Morgan fingerprint density at radius 2 is 1.59 bits per heavy atom. The Bertz CT molecular complexity index is 2560. The molecule has 0 unspecified atom stereocenters. The number of nitrogens with two attached hydrogens (primary N) is 1. The monoisotopic (exact) mass is 1260 g/mol. The minimum absolute atomic E-state index is 0.00480. The van der Waals surface area contributed by atoms with Gasteiger partial charge in [0.2, 0.25) is 17.6 Å². The average Bonchev–Trinajstić information content (AvgIpc) is 2.33. The van der Waals surface area contributed by atoms with Crippen molar-refractivity contribution in [2.24, 2.45) is 41.2 Å². The van der Waals surface area contributed by atoms with Crippen molar-refractivity contribution in [2.45, 2.75) is 205 Å². The number of hydrogen-bond acceptors (Lipinski definition) is 20. The Morgan fingerprint density at radius 3 is 2.25 bits per heavy atom. The van der Waals surface area contributed by atoms with Gasteiger partial charge >= 0.3 is 23.9 Å². The quantitative estimate of drug-likeness (QED) is 0.0537. The highest BCUT2D eigenvalue weighted by Gasteiger charge is 2.53. The number of fused-ring (bicyclic) bond motifs is 3. The summed E-state index contributed by atoms with van der Waals surface area (Å²) in [7, 11) is 4.35. The summed E-state index contributed by atoms with van der Waals surface area (Å²) in [6.45, 7) is 11.6. The second-order valence-corrected chi connectivity index (χ2v) is 25.3. The van der Waals surface area contributed by atoms with Gasteiger partial charge in [-0.3, -0.25) is 43.2 Å². The van der Waals surface area contributed by atoms with Crippen molar-refractivity contribution in [3.8, 4) is 0 Å². The number of amides is 3. The third-order valence-electron chi connectivity index (χ3n) is 17.3. The molecular weight excluding hydrogens is 1160 g/mol. The van der Waals surface area contributed by atoms with E-state index in [-0.39, 0.29) is 73.6 Å². The Labute approximate surface area is 520 Å². The van der Waals surface area contributed by atoms with E-state index in [2.05, 4.69) is 10.6 Å². The second kappa shape index (κ2) is 36.2. The topological polar surface area (TPSA) is 360 Å². The number of hydrogen-bond donors (Lipinski definition) is 7. The number of aliphatic carboxylic acids is 2. The predicted molar refractivity (Wildman–Crippen MR) is 324 cm³/mol. The van der Waals surface area contributed by atoms with Gasteiger partial charge in [0.25, 0.3) is 11.7 Å². The normalized spacial score (nSPS) is 33.4. The summed E-state index contributed by atoms with van der Waals surface area (Å²) < 4.78 is 35.7. The molecule has 0 aromatic rings. The minimum atomic E-state index is -2.51. The van der Waals surface area contributed by atoms with Crippen LogP contribution in [0.2, 0.25) is 0 Å². The van der Waals surface area contributed by atoms with E-state index >= 15 is 0 Å². The van der Waals surface area contributed by atoms with Crippen molar-refractivity contribution >= 4 is 70.7 Å². The number of methoxy groups -OCH3 is 3. The fourth-order valence-corrected chi connectivity index (χ4v) is 12.7. The van der Waals surface area contributed by atoms with Crippen LogP contribution in [0.3, 0.4) is 0 Å². The molecule has 24 nitrogen and oxygen atoms in total. The number of nitrogens with zero attached hydrogens (tertiary/aromatic N) is 1. The molecule has 4 rings (SSSR count). The van der Waals surface area contributed by atoms with Gasteiger partial charge in [0.1, 0.15) is 54.9 Å². The van der Waals surface area contributed by atoms with Crippen LogP contribution in [-0.4, -0.2) is 197 Å². The predicted octanol–water partition coefficient (Wildman–Crippen LogP) is 4.34. The maximum Gasteiger partial charge on any atom is 0.329 e. The number of aliphatic hydroxyl groups excluding tert-OH is 1. The molecule has 0 spiro atoms. The van der Waals surface area contributed by atoms with Gasteiger partial charge in [0.05, 0.1) is 24.1 Å². The summed E-state index contributed by atoms with van der Waals surface area (Å²) in [6.07, 6.45) is 8.18. The van der Waals surface area contributed by atoms with E-state index in [1.807, 2.05) is 51.2 Å². The molecule has 3 aliphatic heterocycles. The van der Waals surface area contributed by atoms with Gasteiger partial charge in [-0.1, -0.05) is 71.1 Å². The molecule has 0 aromatic carbocycles. The van der Waals surface area contributed by atoms with Gasteiger partial charge in [-0.05, 0) is 113 Å². The van der Waals surface area contributed by atoms with E-state index in [1.54, 1.807) is 40.9 Å². The summed E-state index contributed by atoms with van der Waals surface area (Å²) in [4.78, 5) is 134. The van der Waals surface area contributed by atoms with Crippen LogP contribution in [0.15, 0.2) is 47.6 Å². The lowest BCUT2D eigenvalue weighted by atomic mass is 9.78. The van der Waals surface area contributed by atoms with Crippen LogP contribution in [0.25, 0.3) is 0 Å². The number of ether oxygens (including phenoxy) is 6. The number of rotatable bonds is 19. The molecule has 3 amide bonds. The molecule has 1 saturated carbocycles. The van der Waals surface area contributed by atoms with Gasteiger partial charge in [-0.25, -0.2) is 4.79 Å². The van der Waals surface area contributed by atoms with Gasteiger partial charge in [-0.15, -0.1) is 11.8 Å². The molecule has 17 atom stereocenters.